The number of carboxylic acids is 1. The van der Waals surface area contributed by atoms with Gasteiger partial charge in [0.05, 0.1) is 6.54 Å². The molecule has 0 radical (unpaired) electrons. The summed E-state index contributed by atoms with van der Waals surface area (Å²) in [6.45, 7) is 1.44. The molecule has 1 aliphatic heterocycles. The van der Waals surface area contributed by atoms with Gasteiger partial charge in [-0.25, -0.2) is 0 Å². The lowest BCUT2D eigenvalue weighted by Gasteiger charge is -2.52. The van der Waals surface area contributed by atoms with Crippen molar-refractivity contribution in [3.8, 4) is 0 Å². The van der Waals surface area contributed by atoms with Crippen LogP contribution in [0.15, 0.2) is 30.3 Å². The van der Waals surface area contributed by atoms with Crippen molar-refractivity contribution in [2.24, 2.45) is 5.92 Å². The minimum Gasteiger partial charge on any atom is -0.480 e. The zero-order valence-electron chi connectivity index (χ0n) is 17.8. The lowest BCUT2D eigenvalue weighted by atomic mass is 9.68. The first kappa shape index (κ1) is 20.8. The molecule has 160 valence electrons. The molecule has 4 rings (SSSR count). The highest BCUT2D eigenvalue weighted by Crippen LogP contribution is 2.50. The number of nitrogens with zero attached hydrogens (tertiary/aromatic N) is 3. The van der Waals surface area contributed by atoms with Gasteiger partial charge in [0.25, 0.3) is 0 Å². The van der Waals surface area contributed by atoms with Crippen LogP contribution in [0.3, 0.4) is 0 Å². The molecule has 6 heteroatoms. The zero-order chi connectivity index (χ0) is 20.6. The highest BCUT2D eigenvalue weighted by molar-refractivity contribution is 5.69. The Hall–Kier alpha value is -1.47. The molecule has 1 saturated heterocycles. The second-order valence-electron chi connectivity index (χ2n) is 9.61. The maximum atomic E-state index is 11.4. The molecule has 1 atom stereocenters. The van der Waals surface area contributed by atoms with E-state index < -0.39 is 12.3 Å². The summed E-state index contributed by atoms with van der Waals surface area (Å²) in [5, 5.41) is 20.3. The van der Waals surface area contributed by atoms with E-state index in [0.717, 1.165) is 32.2 Å². The predicted molar refractivity (Wildman–Crippen MR) is 112 cm³/mol. The van der Waals surface area contributed by atoms with Gasteiger partial charge in [-0.2, -0.15) is 0 Å². The van der Waals surface area contributed by atoms with Gasteiger partial charge in [-0.05, 0) is 64.1 Å². The normalized spacial score (nSPS) is 34.0. The molecule has 3 aliphatic rings. The monoisotopic (exact) mass is 401 g/mol. The van der Waals surface area contributed by atoms with Crippen LogP contribution in [-0.4, -0.2) is 76.5 Å². The molecule has 2 saturated carbocycles. The van der Waals surface area contributed by atoms with Crippen LogP contribution in [-0.2, 0) is 10.3 Å². The number of aliphatic carboxylic acids is 1. The second-order valence-corrected chi connectivity index (χ2v) is 9.61. The standard InChI is InChI=1S/C23H35N3O3/c1-24(2)23(19-9-4-3-5-10-19)13-11-22(12-14-23)17-25(16-20(27)28)21(29)26(22)15-18-7-6-8-18/h3-5,9-10,18,21,29H,6-8,11-17H2,1-2H3,(H,27,28)/t21?,22-,23-. The first-order valence-electron chi connectivity index (χ1n) is 11.0. The Labute approximate surface area is 174 Å². The van der Waals surface area contributed by atoms with Crippen molar-refractivity contribution in [3.05, 3.63) is 35.9 Å². The van der Waals surface area contributed by atoms with Crippen LogP contribution in [0.5, 0.6) is 0 Å². The quantitative estimate of drug-likeness (QED) is 0.764. The number of carbonyl (C=O) groups is 1. The molecule has 0 aromatic heterocycles. The van der Waals surface area contributed by atoms with E-state index in [1.165, 1.54) is 24.8 Å². The fourth-order valence-electron chi connectivity index (χ4n) is 5.86. The van der Waals surface area contributed by atoms with Gasteiger partial charge in [0.1, 0.15) is 0 Å². The molecule has 2 N–H and O–H groups in total. The summed E-state index contributed by atoms with van der Waals surface area (Å²) in [5.74, 6) is -0.228. The molecule has 1 aromatic rings. The first-order valence-corrected chi connectivity index (χ1v) is 11.0. The van der Waals surface area contributed by atoms with E-state index in [1.54, 1.807) is 4.90 Å². The topological polar surface area (TPSA) is 67.2 Å². The van der Waals surface area contributed by atoms with E-state index in [0.29, 0.717) is 12.5 Å². The summed E-state index contributed by atoms with van der Waals surface area (Å²) in [4.78, 5) is 17.7. The molecule has 1 unspecified atom stereocenters. The van der Waals surface area contributed by atoms with Gasteiger partial charge in [0.2, 0.25) is 0 Å². The van der Waals surface area contributed by atoms with Gasteiger partial charge in [-0.1, -0.05) is 36.8 Å². The van der Waals surface area contributed by atoms with Crippen LogP contribution < -0.4 is 0 Å². The van der Waals surface area contributed by atoms with Gasteiger partial charge in [0, 0.05) is 24.2 Å². The Bertz CT molecular complexity index is 711. The Kier molecular flexibility index (Phi) is 5.73. The van der Waals surface area contributed by atoms with Gasteiger partial charge >= 0.3 is 5.97 Å². The third-order valence-corrected chi connectivity index (χ3v) is 7.91. The first-order chi connectivity index (χ1) is 13.9. The Morgan fingerprint density at radius 2 is 1.79 bits per heavy atom. The van der Waals surface area contributed by atoms with E-state index in [9.17, 15) is 15.0 Å². The SMILES string of the molecule is CN(C)[C@]1(c2ccccc2)CC[C@@]2(CC1)CN(CC(=O)O)C(O)N2CC1CCC1. The van der Waals surface area contributed by atoms with Gasteiger partial charge in [-0.15, -0.1) is 0 Å². The van der Waals surface area contributed by atoms with Crippen molar-refractivity contribution >= 4 is 5.97 Å². The summed E-state index contributed by atoms with van der Waals surface area (Å²) in [6, 6.07) is 10.7. The summed E-state index contributed by atoms with van der Waals surface area (Å²) >= 11 is 0. The number of carboxylic acid groups (broad SMARTS) is 1. The van der Waals surface area contributed by atoms with Crippen molar-refractivity contribution in [3.63, 3.8) is 0 Å². The van der Waals surface area contributed by atoms with Crippen molar-refractivity contribution in [2.45, 2.75) is 62.4 Å². The van der Waals surface area contributed by atoms with Crippen LogP contribution in [0.4, 0.5) is 0 Å². The predicted octanol–water partition coefficient (Wildman–Crippen LogP) is 2.53. The average molecular weight is 402 g/mol. The minimum atomic E-state index is -0.868. The van der Waals surface area contributed by atoms with E-state index >= 15 is 0 Å². The Morgan fingerprint density at radius 1 is 1.14 bits per heavy atom. The van der Waals surface area contributed by atoms with E-state index in [1.807, 2.05) is 0 Å². The van der Waals surface area contributed by atoms with Crippen molar-refractivity contribution in [1.82, 2.24) is 14.7 Å². The molecular weight excluding hydrogens is 366 g/mol. The highest BCUT2D eigenvalue weighted by Gasteiger charge is 2.55. The summed E-state index contributed by atoms with van der Waals surface area (Å²) < 4.78 is 0. The average Bonchev–Trinajstić information content (AvgIpc) is 2.90. The number of hydrogen-bond acceptors (Lipinski definition) is 5. The van der Waals surface area contributed by atoms with Gasteiger partial charge in [-0.3, -0.25) is 19.5 Å². The number of aliphatic hydroxyl groups is 1. The number of aliphatic hydroxyl groups excluding tert-OH is 1. The van der Waals surface area contributed by atoms with E-state index in [4.69, 9.17) is 0 Å². The van der Waals surface area contributed by atoms with Crippen LogP contribution in [0, 0.1) is 5.92 Å². The molecule has 1 spiro atoms. The largest absolute Gasteiger partial charge is 0.480 e. The van der Waals surface area contributed by atoms with Crippen molar-refractivity contribution in [1.29, 1.82) is 0 Å². The van der Waals surface area contributed by atoms with E-state index in [2.05, 4.69) is 54.2 Å². The number of hydrogen-bond donors (Lipinski definition) is 2. The molecule has 1 heterocycles. The molecule has 0 amide bonds. The molecular formula is C23H35N3O3. The van der Waals surface area contributed by atoms with Gasteiger partial charge in [0.15, 0.2) is 6.35 Å². The Morgan fingerprint density at radius 3 is 2.31 bits per heavy atom. The summed E-state index contributed by atoms with van der Waals surface area (Å²) in [6.07, 6.45) is 6.92. The fraction of sp³-hybridized carbons (Fsp3) is 0.696. The van der Waals surface area contributed by atoms with E-state index in [-0.39, 0.29) is 17.6 Å². The third-order valence-electron chi connectivity index (χ3n) is 7.91. The van der Waals surface area contributed by atoms with Crippen LogP contribution in [0.2, 0.25) is 0 Å². The zero-order valence-corrected chi connectivity index (χ0v) is 17.8. The molecule has 29 heavy (non-hydrogen) atoms. The number of benzene rings is 1. The summed E-state index contributed by atoms with van der Waals surface area (Å²) in [7, 11) is 4.33. The van der Waals surface area contributed by atoms with Crippen LogP contribution >= 0.6 is 0 Å². The third kappa shape index (κ3) is 3.72. The second kappa shape index (κ2) is 7.99. The van der Waals surface area contributed by atoms with Crippen LogP contribution in [0.25, 0.3) is 0 Å². The molecule has 3 fully saturated rings. The Balaban J connectivity index is 1.58. The molecule has 0 bridgehead atoms. The fourth-order valence-corrected chi connectivity index (χ4v) is 5.86. The maximum Gasteiger partial charge on any atom is 0.317 e. The van der Waals surface area contributed by atoms with Crippen molar-refractivity contribution in [2.75, 3.05) is 33.7 Å². The summed E-state index contributed by atoms with van der Waals surface area (Å²) in [5.41, 5.74) is 1.23. The minimum absolute atomic E-state index is 0.000179. The molecule has 6 nitrogen and oxygen atoms in total. The van der Waals surface area contributed by atoms with Gasteiger partial charge < -0.3 is 10.2 Å². The van der Waals surface area contributed by atoms with Crippen LogP contribution in [0.1, 0.15) is 50.5 Å². The van der Waals surface area contributed by atoms with Crippen molar-refractivity contribution < 1.29 is 15.0 Å². The maximum absolute atomic E-state index is 11.4. The lowest BCUT2D eigenvalue weighted by molar-refractivity contribution is -0.144. The molecule has 1 aromatic carbocycles. The highest BCUT2D eigenvalue weighted by atomic mass is 16.4. The molecule has 2 aliphatic carbocycles. The number of rotatable bonds is 6. The lowest BCUT2D eigenvalue weighted by Crippen LogP contribution is -2.57. The smallest absolute Gasteiger partial charge is 0.317 e.